The van der Waals surface area contributed by atoms with Crippen molar-refractivity contribution in [3.05, 3.63) is 78.1 Å². The summed E-state index contributed by atoms with van der Waals surface area (Å²) in [4.78, 5) is 42.7. The van der Waals surface area contributed by atoms with Gasteiger partial charge in [0.1, 0.15) is 17.3 Å². The molecule has 1 fully saturated rings. The minimum absolute atomic E-state index is 0.166. The number of aromatic amines is 1. The van der Waals surface area contributed by atoms with E-state index in [1.807, 2.05) is 0 Å². The van der Waals surface area contributed by atoms with Gasteiger partial charge in [0.25, 0.3) is 0 Å². The fourth-order valence-corrected chi connectivity index (χ4v) is 5.69. The van der Waals surface area contributed by atoms with Gasteiger partial charge < -0.3 is 20.7 Å². The molecule has 4 N–H and O–H groups in total. The Morgan fingerprint density at radius 2 is 1.56 bits per heavy atom. The van der Waals surface area contributed by atoms with Crippen molar-refractivity contribution >= 4 is 23.6 Å². The number of carbonyl (C=O) groups is 3. The summed E-state index contributed by atoms with van der Waals surface area (Å²) in [7, 11) is 0. The third-order valence-electron chi connectivity index (χ3n) is 8.32. The molecule has 0 radical (unpaired) electrons. The van der Waals surface area contributed by atoms with E-state index in [1.54, 1.807) is 69.3 Å². The highest BCUT2D eigenvalue weighted by Gasteiger charge is 2.32. The van der Waals surface area contributed by atoms with Crippen LogP contribution in [0.25, 0.3) is 22.5 Å². The number of pyridine rings is 1. The molecule has 0 unspecified atom stereocenters. The molecule has 1 aliphatic carbocycles. The number of halogens is 3. The topological polar surface area (TPSA) is 164 Å². The average molecular weight is 693 g/mol. The number of nitrogens with one attached hydrogen (secondary N) is 4. The van der Waals surface area contributed by atoms with Crippen LogP contribution < -0.4 is 16.0 Å². The summed E-state index contributed by atoms with van der Waals surface area (Å²) in [6.45, 7) is 5.86. The van der Waals surface area contributed by atoms with E-state index in [1.165, 1.54) is 12.3 Å². The summed E-state index contributed by atoms with van der Waals surface area (Å²) < 4.78 is 44.2. The zero-order chi connectivity index (χ0) is 35.9. The van der Waals surface area contributed by atoms with Crippen molar-refractivity contribution in [1.82, 2.24) is 36.2 Å². The normalized spacial score (nSPS) is 17.0. The number of H-pyrrole nitrogens is 1. The molecule has 0 aliphatic heterocycles. The minimum Gasteiger partial charge on any atom is -0.444 e. The molecule has 50 heavy (non-hydrogen) atoms. The molecule has 2 heterocycles. The van der Waals surface area contributed by atoms with E-state index in [-0.39, 0.29) is 24.2 Å². The Bertz CT molecular complexity index is 1730. The molecule has 4 aromatic rings. The van der Waals surface area contributed by atoms with Crippen LogP contribution in [0, 0.1) is 11.8 Å². The Morgan fingerprint density at radius 1 is 0.900 bits per heavy atom. The number of tetrazole rings is 1. The molecule has 1 aliphatic rings. The summed E-state index contributed by atoms with van der Waals surface area (Å²) in [5.74, 6) is -0.342. The van der Waals surface area contributed by atoms with Crippen molar-refractivity contribution in [3.8, 4) is 22.5 Å². The first kappa shape index (κ1) is 36.0. The smallest absolute Gasteiger partial charge is 0.433 e. The highest BCUT2D eigenvalue weighted by atomic mass is 19.4. The van der Waals surface area contributed by atoms with Crippen molar-refractivity contribution in [2.45, 2.75) is 70.7 Å². The van der Waals surface area contributed by atoms with Gasteiger partial charge >= 0.3 is 12.3 Å². The quantitative estimate of drug-likeness (QED) is 0.159. The lowest BCUT2D eigenvalue weighted by Gasteiger charge is -2.29. The molecule has 1 atom stereocenters. The molecule has 12 nitrogen and oxygen atoms in total. The maximum atomic E-state index is 13.6. The molecular formula is C35H39F3N8O4. The first-order chi connectivity index (χ1) is 23.7. The number of hydrogen-bond acceptors (Lipinski definition) is 8. The van der Waals surface area contributed by atoms with Crippen molar-refractivity contribution < 1.29 is 32.3 Å². The number of nitrogens with zero attached hydrogens (tertiary/aromatic N) is 4. The third-order valence-corrected chi connectivity index (χ3v) is 8.32. The van der Waals surface area contributed by atoms with Crippen LogP contribution >= 0.6 is 0 Å². The van der Waals surface area contributed by atoms with Gasteiger partial charge in [0.15, 0.2) is 0 Å². The van der Waals surface area contributed by atoms with E-state index in [4.69, 9.17) is 4.74 Å². The maximum absolute atomic E-state index is 13.6. The van der Waals surface area contributed by atoms with E-state index >= 15 is 0 Å². The highest BCUT2D eigenvalue weighted by molar-refractivity contribution is 5.97. The van der Waals surface area contributed by atoms with Gasteiger partial charge in [-0.3, -0.25) is 14.6 Å². The number of rotatable bonds is 10. The monoisotopic (exact) mass is 692 g/mol. The average Bonchev–Trinajstić information content (AvgIpc) is 3.62. The van der Waals surface area contributed by atoms with Crippen molar-refractivity contribution in [2.24, 2.45) is 11.8 Å². The Balaban J connectivity index is 1.24. The van der Waals surface area contributed by atoms with Gasteiger partial charge in [-0.1, -0.05) is 30.3 Å². The van der Waals surface area contributed by atoms with Gasteiger partial charge in [-0.05, 0) is 99.0 Å². The molecule has 0 saturated heterocycles. The number of benzene rings is 2. The lowest BCUT2D eigenvalue weighted by Crippen LogP contribution is -2.48. The van der Waals surface area contributed by atoms with Crippen molar-refractivity contribution in [1.29, 1.82) is 0 Å². The molecule has 1 saturated carbocycles. The molecule has 264 valence electrons. The second kappa shape index (κ2) is 15.5. The number of amides is 3. The lowest BCUT2D eigenvalue weighted by atomic mass is 9.81. The molecule has 15 heteroatoms. The van der Waals surface area contributed by atoms with Crippen LogP contribution in [-0.2, 0) is 26.9 Å². The molecule has 3 amide bonds. The molecule has 2 aromatic heterocycles. The van der Waals surface area contributed by atoms with Gasteiger partial charge in [0.05, 0.1) is 0 Å². The number of alkyl carbamates (subject to hydrolysis) is 1. The Hall–Kier alpha value is -5.34. The van der Waals surface area contributed by atoms with Crippen LogP contribution in [0.4, 0.5) is 23.7 Å². The van der Waals surface area contributed by atoms with E-state index < -0.39 is 35.5 Å². The standard InChI is InChI=1S/C35H39F3N8O4/c1-34(2,3)50-33(49)40-19-22-6-10-25(11-7-22)31(47)42-28(32(48)41-27-15-12-24(13-16-27)30-43-45-46-44-30)18-21-4-8-23(9-5-21)26-14-17-29(39-20-26)35(36,37)38/h4-5,8-9,12-17,20,22,25,28H,6-7,10-11,18-19H2,1-3H3,(H,40,49)(H,41,48)(H,42,47)(H,43,44,45,46)/t22?,25?,28-/m0/s1. The Labute approximate surface area is 287 Å². The predicted octanol–water partition coefficient (Wildman–Crippen LogP) is 5.94. The number of aromatic nitrogens is 5. The summed E-state index contributed by atoms with van der Waals surface area (Å²) in [6, 6.07) is 15.2. The van der Waals surface area contributed by atoms with Gasteiger partial charge in [-0.15, -0.1) is 10.2 Å². The summed E-state index contributed by atoms with van der Waals surface area (Å²) in [5.41, 5.74) is 1.53. The Kier molecular flexibility index (Phi) is 11.1. The van der Waals surface area contributed by atoms with Crippen molar-refractivity contribution in [2.75, 3.05) is 11.9 Å². The molecule has 2 aromatic carbocycles. The predicted molar refractivity (Wildman–Crippen MR) is 178 cm³/mol. The van der Waals surface area contributed by atoms with Crippen molar-refractivity contribution in [3.63, 3.8) is 0 Å². The van der Waals surface area contributed by atoms with E-state index in [0.717, 1.165) is 24.5 Å². The first-order valence-electron chi connectivity index (χ1n) is 16.3. The molecule has 0 spiro atoms. The summed E-state index contributed by atoms with van der Waals surface area (Å²) >= 11 is 0. The Morgan fingerprint density at radius 3 is 2.14 bits per heavy atom. The van der Waals surface area contributed by atoms with Crippen LogP contribution in [0.3, 0.4) is 0 Å². The number of ether oxygens (including phenoxy) is 1. The van der Waals surface area contributed by atoms with Crippen LogP contribution in [0.2, 0.25) is 0 Å². The molecular weight excluding hydrogens is 653 g/mol. The van der Waals surface area contributed by atoms with Gasteiger partial charge in [0.2, 0.25) is 17.6 Å². The first-order valence-corrected chi connectivity index (χ1v) is 16.3. The zero-order valence-electron chi connectivity index (χ0n) is 27.9. The van der Waals surface area contributed by atoms with Crippen LogP contribution in [0.5, 0.6) is 0 Å². The largest absolute Gasteiger partial charge is 0.444 e. The highest BCUT2D eigenvalue weighted by Crippen LogP contribution is 2.30. The fourth-order valence-electron chi connectivity index (χ4n) is 5.69. The second-order valence-electron chi connectivity index (χ2n) is 13.3. The van der Waals surface area contributed by atoms with E-state index in [9.17, 15) is 27.6 Å². The van der Waals surface area contributed by atoms with Crippen LogP contribution in [0.1, 0.15) is 57.7 Å². The lowest BCUT2D eigenvalue weighted by molar-refractivity contribution is -0.141. The third kappa shape index (κ3) is 10.1. The SMILES string of the molecule is CC(C)(C)OC(=O)NCC1CCC(C(=O)N[C@@H](Cc2ccc(-c3ccc(C(F)(F)F)nc3)cc2)C(=O)Nc2ccc(-c3nn[nH]n3)cc2)CC1. The van der Waals surface area contributed by atoms with Crippen LogP contribution in [-0.4, -0.2) is 61.7 Å². The van der Waals surface area contributed by atoms with E-state index in [2.05, 4.69) is 41.6 Å². The maximum Gasteiger partial charge on any atom is 0.433 e. The molecule has 0 bridgehead atoms. The number of carbonyl (C=O) groups excluding carboxylic acids is 3. The van der Waals surface area contributed by atoms with Crippen LogP contribution in [0.15, 0.2) is 66.9 Å². The second-order valence-corrected chi connectivity index (χ2v) is 13.3. The number of anilines is 1. The summed E-state index contributed by atoms with van der Waals surface area (Å²) in [6.07, 6.45) is -0.992. The summed E-state index contributed by atoms with van der Waals surface area (Å²) in [5, 5.41) is 22.5. The van der Waals surface area contributed by atoms with Gasteiger partial charge in [0, 0.05) is 41.9 Å². The van der Waals surface area contributed by atoms with Gasteiger partial charge in [-0.2, -0.15) is 18.4 Å². The number of alkyl halides is 3. The minimum atomic E-state index is -4.53. The van der Waals surface area contributed by atoms with E-state index in [0.29, 0.717) is 47.6 Å². The van der Waals surface area contributed by atoms with Gasteiger partial charge in [-0.25, -0.2) is 4.79 Å². The fraction of sp³-hybridized carbons (Fsp3) is 0.400. The number of hydrogen-bond donors (Lipinski definition) is 4. The molecule has 5 rings (SSSR count). The zero-order valence-corrected chi connectivity index (χ0v) is 27.9.